The van der Waals surface area contributed by atoms with Crippen molar-refractivity contribution in [3.8, 4) is 0 Å². The molecule has 0 heterocycles. The van der Waals surface area contributed by atoms with Gasteiger partial charge in [-0.2, -0.15) is 0 Å². The molecule has 1 heteroatoms. The molecule has 0 radical (unpaired) electrons. The van der Waals surface area contributed by atoms with E-state index in [1.807, 2.05) is 26.8 Å². The van der Waals surface area contributed by atoms with Crippen LogP contribution in [0.5, 0.6) is 0 Å². The third-order valence-electron chi connectivity index (χ3n) is 0.526. The van der Waals surface area contributed by atoms with E-state index in [0.717, 1.165) is 12.1 Å². The zero-order valence-electron chi connectivity index (χ0n) is 6.36. The normalized spacial score (nSPS) is 9.75. The van der Waals surface area contributed by atoms with Gasteiger partial charge in [0.2, 0.25) is 0 Å². The molecule has 0 unspecified atom stereocenters. The van der Waals surface area contributed by atoms with Crippen molar-refractivity contribution < 1.29 is 0 Å². The van der Waals surface area contributed by atoms with Gasteiger partial charge in [0.15, 0.2) is 0 Å². The maximum absolute atomic E-state index is 5.26. The van der Waals surface area contributed by atoms with Gasteiger partial charge in [-0.1, -0.05) is 26.8 Å². The Hall–Kier alpha value is -0.460. The number of hydrogen-bond acceptors (Lipinski definition) is 1. The number of hydrogen-bond donors (Lipinski definition) is 1. The highest BCUT2D eigenvalue weighted by molar-refractivity contribution is 4.89. The maximum Gasteiger partial charge on any atom is 0.000822 e. The van der Waals surface area contributed by atoms with Gasteiger partial charge in [-0.05, 0) is 13.3 Å². The van der Waals surface area contributed by atoms with E-state index in [1.165, 1.54) is 0 Å². The molecule has 8 heavy (non-hydrogen) atoms. The predicted octanol–water partition coefficient (Wildman–Crippen LogP) is 2.29. The highest BCUT2D eigenvalue weighted by Gasteiger charge is 1.67. The Morgan fingerprint density at radius 2 is 1.88 bits per heavy atom. The lowest BCUT2D eigenvalue weighted by Crippen LogP contribution is -1.87. The van der Waals surface area contributed by atoms with Gasteiger partial charge >= 0.3 is 0 Å². The largest absolute Gasteiger partial charge is 0.403 e. The third-order valence-corrected chi connectivity index (χ3v) is 0.526. The molecule has 2 N–H and O–H groups in total. The molecule has 0 aliphatic carbocycles. The van der Waals surface area contributed by atoms with Gasteiger partial charge in [-0.15, -0.1) is 0 Å². The Morgan fingerprint density at radius 3 is 1.88 bits per heavy atom. The van der Waals surface area contributed by atoms with Gasteiger partial charge in [-0.25, -0.2) is 0 Å². The van der Waals surface area contributed by atoms with Gasteiger partial charge in [0.05, 0.1) is 0 Å². The molecule has 50 valence electrons. The molecule has 0 saturated carbocycles. The second-order valence-electron chi connectivity index (χ2n) is 1.36. The first-order valence-corrected chi connectivity index (χ1v) is 3.19. The van der Waals surface area contributed by atoms with Gasteiger partial charge in [0, 0.05) is 5.70 Å². The van der Waals surface area contributed by atoms with Gasteiger partial charge in [0.25, 0.3) is 0 Å². The summed E-state index contributed by atoms with van der Waals surface area (Å²) in [7, 11) is 0. The molecule has 0 aromatic carbocycles. The van der Waals surface area contributed by atoms with Crippen molar-refractivity contribution >= 4 is 0 Å². The smallest absolute Gasteiger partial charge is 0.000822 e. The fraction of sp³-hybridized carbons (Fsp3) is 0.714. The minimum Gasteiger partial charge on any atom is -0.403 e. The molecule has 1 nitrogen and oxygen atoms in total. The van der Waals surface area contributed by atoms with Crippen molar-refractivity contribution in [3.63, 3.8) is 0 Å². The first-order chi connectivity index (χ1) is 3.77. The topological polar surface area (TPSA) is 26.0 Å². The SMILES string of the molecule is CC.CC/C=C(\C)N. The Bertz CT molecular complexity index is 51.4. The molecule has 0 rings (SSSR count). The fourth-order valence-electron chi connectivity index (χ4n) is 0.322. The average molecular weight is 115 g/mol. The molecular formula is C7H17N. The molecule has 0 aliphatic heterocycles. The number of rotatable bonds is 1. The third kappa shape index (κ3) is 17.7. The van der Waals surface area contributed by atoms with Crippen molar-refractivity contribution in [1.29, 1.82) is 0 Å². The van der Waals surface area contributed by atoms with Crippen LogP contribution in [0.4, 0.5) is 0 Å². The van der Waals surface area contributed by atoms with Crippen LogP contribution in [0, 0.1) is 0 Å². The average Bonchev–Trinajstić information content (AvgIpc) is 1.72. The van der Waals surface area contributed by atoms with Crippen LogP contribution in [0.2, 0.25) is 0 Å². The molecule has 0 fully saturated rings. The van der Waals surface area contributed by atoms with Gasteiger partial charge in [0.1, 0.15) is 0 Å². The second kappa shape index (κ2) is 9.74. The van der Waals surface area contributed by atoms with E-state index >= 15 is 0 Å². The monoisotopic (exact) mass is 115 g/mol. The van der Waals surface area contributed by atoms with Crippen molar-refractivity contribution in [2.24, 2.45) is 5.73 Å². The molecule has 0 aromatic rings. The highest BCUT2D eigenvalue weighted by Crippen LogP contribution is 1.81. The highest BCUT2D eigenvalue weighted by atomic mass is 14.5. The van der Waals surface area contributed by atoms with Crippen LogP contribution in [-0.2, 0) is 0 Å². The molecule has 0 amide bonds. The first kappa shape index (κ1) is 10.5. The van der Waals surface area contributed by atoms with Crippen LogP contribution in [0.15, 0.2) is 11.8 Å². The van der Waals surface area contributed by atoms with E-state index in [-0.39, 0.29) is 0 Å². The minimum absolute atomic E-state index is 0.914. The van der Waals surface area contributed by atoms with Gasteiger partial charge < -0.3 is 5.73 Å². The molecule has 0 aliphatic rings. The van der Waals surface area contributed by atoms with E-state index in [4.69, 9.17) is 5.73 Å². The molecule has 0 aromatic heterocycles. The van der Waals surface area contributed by atoms with Crippen molar-refractivity contribution in [1.82, 2.24) is 0 Å². The van der Waals surface area contributed by atoms with Crippen LogP contribution >= 0.6 is 0 Å². The Kier molecular flexibility index (Phi) is 12.8. The van der Waals surface area contributed by atoms with Crippen LogP contribution in [0.1, 0.15) is 34.1 Å². The molecule has 0 spiro atoms. The molecule has 0 bridgehead atoms. The predicted molar refractivity (Wildman–Crippen MR) is 39.6 cm³/mol. The summed E-state index contributed by atoms with van der Waals surface area (Å²) in [5, 5.41) is 0. The Labute approximate surface area is 52.6 Å². The van der Waals surface area contributed by atoms with E-state index in [0.29, 0.717) is 0 Å². The second-order valence-corrected chi connectivity index (χ2v) is 1.36. The van der Waals surface area contributed by atoms with Crippen LogP contribution in [0.25, 0.3) is 0 Å². The minimum atomic E-state index is 0.914. The van der Waals surface area contributed by atoms with E-state index in [1.54, 1.807) is 0 Å². The summed E-state index contributed by atoms with van der Waals surface area (Å²) in [5.74, 6) is 0. The van der Waals surface area contributed by atoms with E-state index < -0.39 is 0 Å². The summed E-state index contributed by atoms with van der Waals surface area (Å²) >= 11 is 0. The summed E-state index contributed by atoms with van der Waals surface area (Å²) in [6, 6.07) is 0. The quantitative estimate of drug-likeness (QED) is 0.557. The van der Waals surface area contributed by atoms with E-state index in [2.05, 4.69) is 6.92 Å². The number of nitrogens with two attached hydrogens (primary N) is 1. The molecule has 0 saturated heterocycles. The lowest BCUT2D eigenvalue weighted by atomic mass is 10.4. The van der Waals surface area contributed by atoms with Crippen LogP contribution in [-0.4, -0.2) is 0 Å². The first-order valence-electron chi connectivity index (χ1n) is 3.19. The van der Waals surface area contributed by atoms with Crippen molar-refractivity contribution in [2.45, 2.75) is 34.1 Å². The van der Waals surface area contributed by atoms with Crippen molar-refractivity contribution in [2.75, 3.05) is 0 Å². The van der Waals surface area contributed by atoms with E-state index in [9.17, 15) is 0 Å². The fourth-order valence-corrected chi connectivity index (χ4v) is 0.322. The van der Waals surface area contributed by atoms with Crippen molar-refractivity contribution in [3.05, 3.63) is 11.8 Å². The molecule has 0 atom stereocenters. The summed E-state index contributed by atoms with van der Waals surface area (Å²) in [4.78, 5) is 0. The lowest BCUT2D eigenvalue weighted by molar-refractivity contribution is 1.16. The Balaban J connectivity index is 0. The summed E-state index contributed by atoms with van der Waals surface area (Å²) in [6.07, 6.45) is 3.03. The summed E-state index contributed by atoms with van der Waals surface area (Å²) < 4.78 is 0. The summed E-state index contributed by atoms with van der Waals surface area (Å²) in [6.45, 7) is 7.96. The zero-order chi connectivity index (χ0) is 6.99. The van der Waals surface area contributed by atoms with Crippen LogP contribution in [0.3, 0.4) is 0 Å². The lowest BCUT2D eigenvalue weighted by Gasteiger charge is -1.81. The zero-order valence-corrected chi connectivity index (χ0v) is 6.36. The van der Waals surface area contributed by atoms with Crippen LogP contribution < -0.4 is 5.73 Å². The number of allylic oxidation sites excluding steroid dienone is 2. The Morgan fingerprint density at radius 1 is 1.50 bits per heavy atom. The summed E-state index contributed by atoms with van der Waals surface area (Å²) in [5.41, 5.74) is 6.18. The standard InChI is InChI=1S/C5H11N.C2H6/c1-3-4-5(2)6;1-2/h4H,3,6H2,1-2H3;1-2H3/b5-4+;. The molecular weight excluding hydrogens is 98.1 g/mol. The maximum atomic E-state index is 5.26. The van der Waals surface area contributed by atoms with Gasteiger partial charge in [-0.3, -0.25) is 0 Å².